The minimum absolute atomic E-state index is 0.0308. The molecule has 4 aromatic heterocycles. The molecule has 178 valence electrons. The van der Waals surface area contributed by atoms with Crippen molar-refractivity contribution in [3.05, 3.63) is 47.1 Å². The molecule has 1 fully saturated rings. The largest absolute Gasteiger partial charge is 0.394 e. The Labute approximate surface area is 197 Å². The van der Waals surface area contributed by atoms with Crippen LogP contribution in [0.3, 0.4) is 0 Å². The summed E-state index contributed by atoms with van der Waals surface area (Å²) >= 11 is 0. The lowest BCUT2D eigenvalue weighted by Gasteiger charge is -2.29. The first-order valence-corrected chi connectivity index (χ1v) is 11.7. The second-order valence-electron chi connectivity index (χ2n) is 9.09. The lowest BCUT2D eigenvalue weighted by Crippen LogP contribution is -2.31. The van der Waals surface area contributed by atoms with E-state index in [4.69, 9.17) is 14.8 Å². The number of rotatable bonds is 6. The Morgan fingerprint density at radius 3 is 2.56 bits per heavy atom. The molecule has 0 radical (unpaired) electrons. The molecular weight excluding hydrogens is 432 g/mol. The first-order chi connectivity index (χ1) is 16.5. The summed E-state index contributed by atoms with van der Waals surface area (Å²) in [6.45, 7) is 0.389. The van der Waals surface area contributed by atoms with E-state index in [-0.39, 0.29) is 24.4 Å². The Balaban J connectivity index is 1.59. The Bertz CT molecular complexity index is 1370. The number of aromatic nitrogens is 5. The second kappa shape index (κ2) is 9.15. The molecule has 9 heteroatoms. The zero-order chi connectivity index (χ0) is 23.8. The average molecular weight is 463 g/mol. The second-order valence-corrected chi connectivity index (χ2v) is 9.09. The summed E-state index contributed by atoms with van der Waals surface area (Å²) in [5.74, 6) is 0.879. The third-order valence-corrected chi connectivity index (χ3v) is 6.72. The number of hydrogen-bond donors (Lipinski definition) is 1. The van der Waals surface area contributed by atoms with Crippen molar-refractivity contribution >= 4 is 27.9 Å². The van der Waals surface area contributed by atoms with Crippen LogP contribution >= 0.6 is 0 Å². The van der Waals surface area contributed by atoms with Crippen LogP contribution in [0.5, 0.6) is 0 Å². The van der Waals surface area contributed by atoms with Crippen molar-refractivity contribution in [1.29, 1.82) is 0 Å². The number of aliphatic hydroxyl groups excluding tert-OH is 1. The highest BCUT2D eigenvalue weighted by Gasteiger charge is 2.27. The molecular formula is C25H30N6O3. The van der Waals surface area contributed by atoms with Crippen LogP contribution in [0.25, 0.3) is 33.3 Å². The highest BCUT2D eigenvalue weighted by atomic mass is 16.5. The van der Waals surface area contributed by atoms with E-state index in [1.165, 1.54) is 0 Å². The zero-order valence-corrected chi connectivity index (χ0v) is 19.8. The molecule has 0 saturated heterocycles. The minimum Gasteiger partial charge on any atom is -0.394 e. The molecule has 1 aliphatic rings. The van der Waals surface area contributed by atoms with Gasteiger partial charge in [-0.1, -0.05) is 0 Å². The normalized spacial score (nSPS) is 18.6. The predicted octanol–water partition coefficient (Wildman–Crippen LogP) is 2.90. The molecule has 1 saturated carbocycles. The lowest BCUT2D eigenvalue weighted by molar-refractivity contribution is 0.00168. The summed E-state index contributed by atoms with van der Waals surface area (Å²) in [5, 5.41) is 9.04. The summed E-state index contributed by atoms with van der Waals surface area (Å²) in [5.41, 5.74) is 4.75. The van der Waals surface area contributed by atoms with Crippen molar-refractivity contribution in [1.82, 2.24) is 24.1 Å². The number of aryl methyl sites for hydroxylation is 1. The summed E-state index contributed by atoms with van der Waals surface area (Å²) in [6, 6.07) is 7.95. The number of pyridine rings is 3. The smallest absolute Gasteiger partial charge is 0.329 e. The van der Waals surface area contributed by atoms with Gasteiger partial charge >= 0.3 is 5.69 Å². The van der Waals surface area contributed by atoms with Crippen LogP contribution in [0.1, 0.15) is 31.7 Å². The number of imidazole rings is 1. The van der Waals surface area contributed by atoms with Crippen LogP contribution in [0.2, 0.25) is 0 Å². The van der Waals surface area contributed by atoms with E-state index in [1.54, 1.807) is 17.8 Å². The van der Waals surface area contributed by atoms with Crippen LogP contribution in [-0.2, 0) is 11.8 Å². The number of fused-ring (bicyclic) bond motifs is 3. The van der Waals surface area contributed by atoms with Gasteiger partial charge in [-0.25, -0.2) is 14.8 Å². The van der Waals surface area contributed by atoms with Gasteiger partial charge < -0.3 is 14.7 Å². The van der Waals surface area contributed by atoms with Crippen molar-refractivity contribution in [3.63, 3.8) is 0 Å². The van der Waals surface area contributed by atoms with Gasteiger partial charge in [0.15, 0.2) is 0 Å². The Hall–Kier alpha value is -3.30. The summed E-state index contributed by atoms with van der Waals surface area (Å²) < 4.78 is 9.30. The number of aliphatic hydroxyl groups is 1. The van der Waals surface area contributed by atoms with Gasteiger partial charge in [0.1, 0.15) is 11.3 Å². The van der Waals surface area contributed by atoms with E-state index in [0.717, 1.165) is 64.8 Å². The third kappa shape index (κ3) is 3.95. The van der Waals surface area contributed by atoms with E-state index < -0.39 is 0 Å². The van der Waals surface area contributed by atoms with Gasteiger partial charge in [0.05, 0.1) is 47.8 Å². The molecule has 1 N–H and O–H groups in total. The number of hydrogen-bond acceptors (Lipinski definition) is 7. The summed E-state index contributed by atoms with van der Waals surface area (Å²) in [7, 11) is 5.71. The van der Waals surface area contributed by atoms with Gasteiger partial charge in [-0.05, 0) is 49.9 Å². The van der Waals surface area contributed by atoms with Crippen molar-refractivity contribution in [2.24, 2.45) is 7.05 Å². The lowest BCUT2D eigenvalue weighted by atomic mass is 9.92. The van der Waals surface area contributed by atoms with E-state index >= 15 is 0 Å². The molecule has 9 nitrogen and oxygen atoms in total. The van der Waals surface area contributed by atoms with Crippen molar-refractivity contribution in [3.8, 4) is 11.3 Å². The van der Waals surface area contributed by atoms with Crippen LogP contribution in [0.4, 0.5) is 5.82 Å². The Morgan fingerprint density at radius 1 is 1.09 bits per heavy atom. The van der Waals surface area contributed by atoms with Gasteiger partial charge in [-0.3, -0.25) is 14.1 Å². The van der Waals surface area contributed by atoms with Crippen LogP contribution < -0.4 is 10.6 Å². The molecule has 0 aromatic carbocycles. The maximum Gasteiger partial charge on any atom is 0.329 e. The molecule has 0 spiro atoms. The van der Waals surface area contributed by atoms with Gasteiger partial charge in [-0.2, -0.15) is 0 Å². The van der Waals surface area contributed by atoms with E-state index in [0.29, 0.717) is 6.61 Å². The topological polar surface area (TPSA) is 98.3 Å². The van der Waals surface area contributed by atoms with E-state index in [9.17, 15) is 4.79 Å². The third-order valence-electron chi connectivity index (χ3n) is 6.72. The van der Waals surface area contributed by atoms with Gasteiger partial charge in [0.2, 0.25) is 0 Å². The van der Waals surface area contributed by atoms with Crippen molar-refractivity contribution in [2.45, 2.75) is 37.8 Å². The molecule has 0 bridgehead atoms. The van der Waals surface area contributed by atoms with E-state index in [1.807, 2.05) is 54.0 Å². The van der Waals surface area contributed by atoms with Crippen LogP contribution in [0, 0.1) is 0 Å². The van der Waals surface area contributed by atoms with Crippen LogP contribution in [0.15, 0.2) is 41.5 Å². The fourth-order valence-electron chi connectivity index (χ4n) is 4.88. The predicted molar refractivity (Wildman–Crippen MR) is 132 cm³/mol. The highest BCUT2D eigenvalue weighted by Crippen LogP contribution is 2.33. The molecule has 0 aliphatic heterocycles. The minimum atomic E-state index is -0.0479. The van der Waals surface area contributed by atoms with Gasteiger partial charge in [0.25, 0.3) is 0 Å². The fourth-order valence-corrected chi connectivity index (χ4v) is 4.88. The molecule has 0 atom stereocenters. The maximum atomic E-state index is 13.3. The molecule has 0 amide bonds. The quantitative estimate of drug-likeness (QED) is 0.470. The van der Waals surface area contributed by atoms with Crippen molar-refractivity contribution < 1.29 is 9.84 Å². The van der Waals surface area contributed by atoms with Gasteiger partial charge in [0, 0.05) is 38.9 Å². The van der Waals surface area contributed by atoms with Crippen LogP contribution in [-0.4, -0.2) is 62.6 Å². The number of nitrogens with zero attached hydrogens (tertiary/aromatic N) is 6. The molecule has 0 unspecified atom stereocenters. The Morgan fingerprint density at radius 2 is 1.88 bits per heavy atom. The summed E-state index contributed by atoms with van der Waals surface area (Å²) in [4.78, 5) is 29.4. The number of anilines is 1. The zero-order valence-electron chi connectivity index (χ0n) is 19.8. The molecule has 4 heterocycles. The van der Waals surface area contributed by atoms with E-state index in [2.05, 4.69) is 9.97 Å². The SMILES string of the molecule is CN(C)c1ccc(-c2ccc3ncc4c(c3n2)n(C2CCC(OCCO)CC2)c(=O)n4C)cn1. The first kappa shape index (κ1) is 22.5. The average Bonchev–Trinajstić information content (AvgIpc) is 3.13. The summed E-state index contributed by atoms with van der Waals surface area (Å²) in [6.07, 6.45) is 7.12. The maximum absolute atomic E-state index is 13.3. The highest BCUT2D eigenvalue weighted by molar-refractivity contribution is 6.00. The standard InChI is InChI=1S/C25H30N6O3/c1-29(2)22-11-4-16(14-27-22)19-9-10-20-23(28-19)24-21(15-26-20)30(3)25(33)31(24)17-5-7-18(8-6-17)34-13-12-32/h4,9-11,14-15,17-18,32H,5-8,12-13H2,1-3H3. The fraction of sp³-hybridized carbons (Fsp3) is 0.440. The van der Waals surface area contributed by atoms with Gasteiger partial charge in [-0.15, -0.1) is 0 Å². The van der Waals surface area contributed by atoms with Crippen molar-refractivity contribution in [2.75, 3.05) is 32.2 Å². The molecule has 34 heavy (non-hydrogen) atoms. The molecule has 1 aliphatic carbocycles. The number of ether oxygens (including phenoxy) is 1. The monoisotopic (exact) mass is 462 g/mol. The molecule has 4 aromatic rings. The molecule has 5 rings (SSSR count). The first-order valence-electron chi connectivity index (χ1n) is 11.7. The Kier molecular flexibility index (Phi) is 6.05.